The highest BCUT2D eigenvalue weighted by Gasteiger charge is 2.39. The van der Waals surface area contributed by atoms with Gasteiger partial charge in [-0.1, -0.05) is 13.3 Å². The SMILES string of the molecule is CCCc1cc2c(N3CCn4c(nnc4C(F)(F)F)C3)nc(-c3cnc(N)[nH]3)nc2s1. The van der Waals surface area contributed by atoms with Gasteiger partial charge in [-0.05, 0) is 12.5 Å². The molecular weight excluding hydrogens is 431 g/mol. The highest BCUT2D eigenvalue weighted by Crippen LogP contribution is 2.36. The highest BCUT2D eigenvalue weighted by atomic mass is 32.1. The molecule has 0 atom stereocenters. The van der Waals surface area contributed by atoms with Crippen LogP contribution in [0.4, 0.5) is 24.9 Å². The van der Waals surface area contributed by atoms with Crippen LogP contribution >= 0.6 is 11.3 Å². The van der Waals surface area contributed by atoms with Gasteiger partial charge in [-0.25, -0.2) is 15.0 Å². The van der Waals surface area contributed by atoms with Gasteiger partial charge in [-0.2, -0.15) is 13.2 Å². The van der Waals surface area contributed by atoms with E-state index >= 15 is 0 Å². The van der Waals surface area contributed by atoms with E-state index in [1.807, 2.05) is 4.90 Å². The predicted molar refractivity (Wildman–Crippen MR) is 109 cm³/mol. The molecule has 31 heavy (non-hydrogen) atoms. The molecule has 0 saturated carbocycles. The second kappa shape index (κ2) is 7.18. The summed E-state index contributed by atoms with van der Waals surface area (Å²) >= 11 is 1.58. The summed E-state index contributed by atoms with van der Waals surface area (Å²) in [4.78, 5) is 20.2. The second-order valence-corrected chi connectivity index (χ2v) is 8.36. The number of nitrogens with two attached hydrogens (primary N) is 1. The quantitative estimate of drug-likeness (QED) is 0.492. The number of aromatic nitrogens is 7. The van der Waals surface area contributed by atoms with Crippen molar-refractivity contribution >= 4 is 33.3 Å². The number of nitrogen functional groups attached to an aromatic ring is 1. The minimum absolute atomic E-state index is 0.112. The summed E-state index contributed by atoms with van der Waals surface area (Å²) in [5.74, 6) is 0.615. The molecular formula is C18H18F3N9S. The third-order valence-electron chi connectivity index (χ3n) is 5.06. The van der Waals surface area contributed by atoms with Crippen molar-refractivity contribution in [3.63, 3.8) is 0 Å². The number of anilines is 2. The zero-order chi connectivity index (χ0) is 21.8. The van der Waals surface area contributed by atoms with E-state index in [4.69, 9.17) is 10.7 Å². The molecule has 0 bridgehead atoms. The van der Waals surface area contributed by atoms with Crippen molar-refractivity contribution in [3.8, 4) is 11.5 Å². The van der Waals surface area contributed by atoms with Crippen LogP contribution in [-0.2, 0) is 25.7 Å². The first-order valence-electron chi connectivity index (χ1n) is 9.69. The molecule has 0 fully saturated rings. The van der Waals surface area contributed by atoms with Crippen molar-refractivity contribution in [1.82, 2.24) is 34.7 Å². The van der Waals surface area contributed by atoms with E-state index in [1.165, 1.54) is 4.88 Å². The Balaban J connectivity index is 1.59. The highest BCUT2D eigenvalue weighted by molar-refractivity contribution is 7.18. The Morgan fingerprint density at radius 3 is 2.77 bits per heavy atom. The maximum Gasteiger partial charge on any atom is 0.451 e. The number of hydrogen-bond donors (Lipinski definition) is 2. The van der Waals surface area contributed by atoms with Crippen LogP contribution in [0.2, 0.25) is 0 Å². The van der Waals surface area contributed by atoms with Gasteiger partial charge in [0, 0.05) is 18.0 Å². The van der Waals surface area contributed by atoms with Crippen LogP contribution in [0.15, 0.2) is 12.3 Å². The lowest BCUT2D eigenvalue weighted by molar-refractivity contribution is -0.147. The van der Waals surface area contributed by atoms with E-state index in [-0.39, 0.29) is 24.9 Å². The zero-order valence-electron chi connectivity index (χ0n) is 16.4. The summed E-state index contributed by atoms with van der Waals surface area (Å²) < 4.78 is 40.7. The van der Waals surface area contributed by atoms with Gasteiger partial charge in [0.2, 0.25) is 5.82 Å². The molecule has 5 heterocycles. The molecule has 0 saturated heterocycles. The maximum atomic E-state index is 13.2. The second-order valence-electron chi connectivity index (χ2n) is 7.25. The molecule has 9 nitrogen and oxygen atoms in total. The Labute approximate surface area is 178 Å². The van der Waals surface area contributed by atoms with Gasteiger partial charge < -0.3 is 20.2 Å². The van der Waals surface area contributed by atoms with E-state index in [9.17, 15) is 13.2 Å². The number of H-pyrrole nitrogens is 1. The van der Waals surface area contributed by atoms with E-state index in [0.29, 0.717) is 23.9 Å². The van der Waals surface area contributed by atoms with Crippen LogP contribution in [-0.4, -0.2) is 41.2 Å². The average molecular weight is 449 g/mol. The lowest BCUT2D eigenvalue weighted by Crippen LogP contribution is -2.36. The Morgan fingerprint density at radius 1 is 1.23 bits per heavy atom. The first-order chi connectivity index (χ1) is 14.8. The zero-order valence-corrected chi connectivity index (χ0v) is 17.3. The van der Waals surface area contributed by atoms with Crippen molar-refractivity contribution < 1.29 is 13.2 Å². The van der Waals surface area contributed by atoms with Crippen molar-refractivity contribution in [2.45, 2.75) is 39.0 Å². The third kappa shape index (κ3) is 3.48. The summed E-state index contributed by atoms with van der Waals surface area (Å²) in [6.07, 6.45) is -1.07. The third-order valence-corrected chi connectivity index (χ3v) is 6.15. The minimum atomic E-state index is -4.54. The molecule has 162 valence electrons. The summed E-state index contributed by atoms with van der Waals surface area (Å²) in [6.45, 7) is 2.72. The Kier molecular flexibility index (Phi) is 4.57. The number of alkyl halides is 3. The standard InChI is InChI=1S/C18H18F3N9S/c1-2-3-9-6-10-14(25-13(26-15(10)31-9)11-7-23-17(22)24-11)29-4-5-30-12(8-29)27-28-16(30)18(19,20)21/h6-7H,2-5,8H2,1H3,(H3,22,23,24). The fourth-order valence-electron chi connectivity index (χ4n) is 3.69. The average Bonchev–Trinajstić information content (AvgIpc) is 3.43. The summed E-state index contributed by atoms with van der Waals surface area (Å²) in [5.41, 5.74) is 6.28. The molecule has 1 aliphatic rings. The Hall–Kier alpha value is -3.22. The van der Waals surface area contributed by atoms with Gasteiger partial charge in [-0.15, -0.1) is 21.5 Å². The first-order valence-corrected chi connectivity index (χ1v) is 10.5. The molecule has 3 N–H and O–H groups in total. The molecule has 4 aromatic heterocycles. The number of hydrogen-bond acceptors (Lipinski definition) is 8. The van der Waals surface area contributed by atoms with Gasteiger partial charge in [0.25, 0.3) is 0 Å². The fourth-order valence-corrected chi connectivity index (χ4v) is 4.81. The molecule has 13 heteroatoms. The molecule has 4 aromatic rings. The largest absolute Gasteiger partial charge is 0.451 e. The van der Waals surface area contributed by atoms with Crippen LogP contribution in [0.25, 0.3) is 21.7 Å². The van der Waals surface area contributed by atoms with Crippen LogP contribution in [0.5, 0.6) is 0 Å². The van der Waals surface area contributed by atoms with E-state index in [0.717, 1.165) is 27.6 Å². The Morgan fingerprint density at radius 2 is 2.06 bits per heavy atom. The molecule has 0 spiro atoms. The number of aryl methyl sites for hydroxylation is 1. The molecule has 0 amide bonds. The molecule has 0 radical (unpaired) electrons. The van der Waals surface area contributed by atoms with Crippen LogP contribution in [0.3, 0.4) is 0 Å². The number of nitrogens with one attached hydrogen (secondary N) is 1. The maximum absolute atomic E-state index is 13.2. The number of nitrogens with zero attached hydrogens (tertiary/aromatic N) is 7. The summed E-state index contributed by atoms with van der Waals surface area (Å²) in [7, 11) is 0. The van der Waals surface area contributed by atoms with Gasteiger partial charge in [-0.3, -0.25) is 0 Å². The van der Waals surface area contributed by atoms with E-state index < -0.39 is 12.0 Å². The molecule has 0 unspecified atom stereocenters. The monoisotopic (exact) mass is 449 g/mol. The van der Waals surface area contributed by atoms with Crippen molar-refractivity contribution in [2.75, 3.05) is 17.2 Å². The van der Waals surface area contributed by atoms with Crippen molar-refractivity contribution in [3.05, 3.63) is 28.8 Å². The molecule has 0 aromatic carbocycles. The van der Waals surface area contributed by atoms with Gasteiger partial charge >= 0.3 is 6.18 Å². The van der Waals surface area contributed by atoms with Crippen LogP contribution in [0, 0.1) is 0 Å². The number of halogens is 3. The number of aromatic amines is 1. The first kappa shape index (κ1) is 19.7. The smallest absolute Gasteiger partial charge is 0.369 e. The van der Waals surface area contributed by atoms with Crippen molar-refractivity contribution in [1.29, 1.82) is 0 Å². The summed E-state index contributed by atoms with van der Waals surface area (Å²) in [6, 6.07) is 2.06. The van der Waals surface area contributed by atoms with E-state index in [2.05, 4.69) is 38.1 Å². The van der Waals surface area contributed by atoms with Gasteiger partial charge in [0.15, 0.2) is 17.6 Å². The number of rotatable bonds is 4. The number of imidazole rings is 1. The van der Waals surface area contributed by atoms with Crippen LogP contribution < -0.4 is 10.6 Å². The minimum Gasteiger partial charge on any atom is -0.369 e. The summed E-state index contributed by atoms with van der Waals surface area (Å²) in [5, 5.41) is 8.00. The van der Waals surface area contributed by atoms with Crippen LogP contribution in [0.1, 0.15) is 29.9 Å². The number of thiophene rings is 1. The molecule has 0 aliphatic carbocycles. The van der Waals surface area contributed by atoms with Gasteiger partial charge in [0.05, 0.1) is 18.1 Å². The fraction of sp³-hybridized carbons (Fsp3) is 0.389. The lowest BCUT2D eigenvalue weighted by Gasteiger charge is -2.29. The molecule has 1 aliphatic heterocycles. The number of fused-ring (bicyclic) bond motifs is 2. The lowest BCUT2D eigenvalue weighted by atomic mass is 10.2. The Bertz CT molecular complexity index is 1260. The van der Waals surface area contributed by atoms with Crippen molar-refractivity contribution in [2.24, 2.45) is 0 Å². The molecule has 5 rings (SSSR count). The topological polar surface area (TPSA) is 114 Å². The van der Waals surface area contributed by atoms with E-state index in [1.54, 1.807) is 17.5 Å². The predicted octanol–water partition coefficient (Wildman–Crippen LogP) is 3.25. The van der Waals surface area contributed by atoms with Gasteiger partial charge in [0.1, 0.15) is 16.3 Å². The normalized spacial score (nSPS) is 14.4.